The van der Waals surface area contributed by atoms with Crippen LogP contribution >= 0.6 is 0 Å². The third-order valence-corrected chi connectivity index (χ3v) is 4.61. The molecule has 0 saturated carbocycles. The Balaban J connectivity index is 2.21. The molecule has 2 amide bonds. The van der Waals surface area contributed by atoms with E-state index in [4.69, 9.17) is 9.47 Å². The van der Waals surface area contributed by atoms with Gasteiger partial charge >= 0.3 is 5.69 Å². The van der Waals surface area contributed by atoms with Crippen molar-refractivity contribution >= 4 is 17.5 Å². The number of carbonyl (C=O) groups is 2. The number of nitrogens with one attached hydrogen (secondary N) is 1. The van der Waals surface area contributed by atoms with Crippen molar-refractivity contribution in [2.45, 2.75) is 25.9 Å². The Morgan fingerprint density at radius 1 is 1.23 bits per heavy atom. The first-order valence-electron chi connectivity index (χ1n) is 9.51. The summed E-state index contributed by atoms with van der Waals surface area (Å²) in [5.74, 6) is -1.03. The highest BCUT2D eigenvalue weighted by molar-refractivity contribution is 5.88. The summed E-state index contributed by atoms with van der Waals surface area (Å²) >= 11 is 0. The first-order valence-corrected chi connectivity index (χ1v) is 9.51. The molecule has 1 atom stereocenters. The number of nitro benzene ring substituents is 1. The van der Waals surface area contributed by atoms with E-state index in [9.17, 15) is 24.1 Å². The molecule has 0 radical (unpaired) electrons. The highest BCUT2D eigenvalue weighted by Gasteiger charge is 2.28. The summed E-state index contributed by atoms with van der Waals surface area (Å²) in [6.45, 7) is 1.44. The van der Waals surface area contributed by atoms with Gasteiger partial charge in [0.25, 0.3) is 5.91 Å². The van der Waals surface area contributed by atoms with E-state index >= 15 is 0 Å². The number of rotatable bonds is 10. The monoisotopic (exact) mass is 433 g/mol. The molecule has 0 spiro atoms. The Labute approximate surface area is 178 Å². The maximum Gasteiger partial charge on any atom is 0.311 e. The summed E-state index contributed by atoms with van der Waals surface area (Å²) in [4.78, 5) is 37.0. The van der Waals surface area contributed by atoms with Gasteiger partial charge in [0.1, 0.15) is 17.6 Å². The van der Waals surface area contributed by atoms with Crippen LogP contribution in [-0.2, 0) is 16.1 Å². The number of hydrogen-bond donors (Lipinski definition) is 1. The summed E-state index contributed by atoms with van der Waals surface area (Å²) in [6, 6.07) is 8.76. The number of ether oxygens (including phenoxy) is 2. The lowest BCUT2D eigenvalue weighted by molar-refractivity contribution is -0.385. The predicted octanol–water partition coefficient (Wildman–Crippen LogP) is 2.67. The van der Waals surface area contributed by atoms with Crippen LogP contribution in [0.25, 0.3) is 0 Å². The van der Waals surface area contributed by atoms with Gasteiger partial charge in [-0.3, -0.25) is 19.7 Å². The van der Waals surface area contributed by atoms with E-state index in [-0.39, 0.29) is 29.6 Å². The van der Waals surface area contributed by atoms with Gasteiger partial charge in [-0.2, -0.15) is 0 Å². The number of hydrogen-bond acceptors (Lipinski definition) is 6. The maximum absolute atomic E-state index is 13.2. The number of amides is 2. The Kier molecular flexibility index (Phi) is 8.30. The third kappa shape index (κ3) is 6.14. The van der Waals surface area contributed by atoms with Crippen molar-refractivity contribution in [2.24, 2.45) is 0 Å². The van der Waals surface area contributed by atoms with Crippen molar-refractivity contribution < 1.29 is 28.4 Å². The molecule has 2 aromatic rings. The normalized spacial score (nSPS) is 11.4. The van der Waals surface area contributed by atoms with Gasteiger partial charge in [-0.15, -0.1) is 0 Å². The Hall–Kier alpha value is -3.69. The second kappa shape index (κ2) is 10.9. The van der Waals surface area contributed by atoms with Crippen molar-refractivity contribution in [1.82, 2.24) is 10.2 Å². The number of nitrogens with zero attached hydrogens (tertiary/aromatic N) is 2. The second-order valence-electron chi connectivity index (χ2n) is 6.57. The van der Waals surface area contributed by atoms with Crippen LogP contribution in [0.3, 0.4) is 0 Å². The lowest BCUT2D eigenvalue weighted by Gasteiger charge is -2.30. The average Bonchev–Trinajstić information content (AvgIpc) is 2.77. The molecule has 0 aromatic heterocycles. The molecular formula is C21H24FN3O6. The van der Waals surface area contributed by atoms with Crippen molar-refractivity contribution in [3.63, 3.8) is 0 Å². The van der Waals surface area contributed by atoms with Crippen molar-refractivity contribution in [1.29, 1.82) is 0 Å². The summed E-state index contributed by atoms with van der Waals surface area (Å²) in [5.41, 5.74) is 0.416. The average molecular weight is 433 g/mol. The van der Waals surface area contributed by atoms with Crippen molar-refractivity contribution in [3.05, 3.63) is 64.0 Å². The largest absolute Gasteiger partial charge is 0.490 e. The lowest BCUT2D eigenvalue weighted by Crippen LogP contribution is -2.49. The van der Waals surface area contributed by atoms with Gasteiger partial charge in [0, 0.05) is 25.7 Å². The first kappa shape index (κ1) is 23.6. The molecule has 0 saturated heterocycles. The Morgan fingerprint density at radius 3 is 2.45 bits per heavy atom. The lowest BCUT2D eigenvalue weighted by atomic mass is 10.1. The predicted molar refractivity (Wildman–Crippen MR) is 110 cm³/mol. The number of benzene rings is 2. The van der Waals surface area contributed by atoms with E-state index in [1.54, 1.807) is 6.92 Å². The molecule has 9 nitrogen and oxygen atoms in total. The minimum Gasteiger partial charge on any atom is -0.490 e. The Bertz CT molecular complexity index is 935. The fourth-order valence-electron chi connectivity index (χ4n) is 3.00. The molecule has 2 aromatic carbocycles. The molecule has 0 aliphatic heterocycles. The van der Waals surface area contributed by atoms with E-state index in [0.29, 0.717) is 12.0 Å². The zero-order chi connectivity index (χ0) is 23.0. The van der Waals surface area contributed by atoms with Gasteiger partial charge in [-0.1, -0.05) is 19.1 Å². The fraction of sp³-hybridized carbons (Fsp3) is 0.333. The highest BCUT2D eigenvalue weighted by Crippen LogP contribution is 2.30. The smallest absolute Gasteiger partial charge is 0.311 e. The molecule has 0 heterocycles. The minimum absolute atomic E-state index is 0.00471. The van der Waals surface area contributed by atoms with Gasteiger partial charge in [-0.05, 0) is 30.2 Å². The number of carbonyl (C=O) groups excluding carboxylic acids is 2. The Morgan fingerprint density at radius 2 is 1.90 bits per heavy atom. The molecule has 166 valence electrons. The molecule has 2 rings (SSSR count). The first-order chi connectivity index (χ1) is 14.8. The molecule has 0 bridgehead atoms. The number of methoxy groups -OCH3 is 1. The SMILES string of the molecule is CC[C@@H](C(=O)NC)N(Cc1ccc(F)cc1)C(=O)COc1ccc([N+](=O)[O-])c(OC)c1. The maximum atomic E-state index is 13.2. The number of likely N-dealkylation sites (N-methyl/N-ethyl adjacent to an activating group) is 1. The standard InChI is InChI=1S/C21H24FN3O6/c1-4-17(21(27)23-2)24(12-14-5-7-15(22)8-6-14)20(26)13-31-16-9-10-18(25(28)29)19(11-16)30-3/h5-11,17H,4,12-13H2,1-3H3,(H,23,27)/t17-/m0/s1. The van der Waals surface area contributed by atoms with Crippen LogP contribution in [0.15, 0.2) is 42.5 Å². The highest BCUT2D eigenvalue weighted by atomic mass is 19.1. The van der Waals surface area contributed by atoms with Gasteiger partial charge in [-0.25, -0.2) is 4.39 Å². The molecule has 0 unspecified atom stereocenters. The molecule has 0 fully saturated rings. The van der Waals surface area contributed by atoms with Gasteiger partial charge in [0.2, 0.25) is 11.7 Å². The van der Waals surface area contributed by atoms with Crippen LogP contribution in [0.4, 0.5) is 10.1 Å². The van der Waals surface area contributed by atoms with Crippen LogP contribution in [0.2, 0.25) is 0 Å². The summed E-state index contributed by atoms with van der Waals surface area (Å²) in [6.07, 6.45) is 0.359. The van der Waals surface area contributed by atoms with Crippen LogP contribution < -0.4 is 14.8 Å². The summed E-state index contributed by atoms with van der Waals surface area (Å²) in [7, 11) is 2.77. The zero-order valence-electron chi connectivity index (χ0n) is 17.5. The molecule has 31 heavy (non-hydrogen) atoms. The van der Waals surface area contributed by atoms with Crippen LogP contribution in [-0.4, -0.2) is 48.4 Å². The van der Waals surface area contributed by atoms with Crippen molar-refractivity contribution in [2.75, 3.05) is 20.8 Å². The molecule has 1 N–H and O–H groups in total. The van der Waals surface area contributed by atoms with E-state index in [1.165, 1.54) is 61.5 Å². The fourth-order valence-corrected chi connectivity index (χ4v) is 3.00. The van der Waals surface area contributed by atoms with E-state index in [2.05, 4.69) is 5.32 Å². The van der Waals surface area contributed by atoms with E-state index in [0.717, 1.165) is 0 Å². The summed E-state index contributed by atoms with van der Waals surface area (Å²) < 4.78 is 23.7. The van der Waals surface area contributed by atoms with Crippen LogP contribution in [0.5, 0.6) is 11.5 Å². The molecule has 10 heteroatoms. The zero-order valence-corrected chi connectivity index (χ0v) is 17.5. The minimum atomic E-state index is -0.752. The van der Waals surface area contributed by atoms with Crippen LogP contribution in [0, 0.1) is 15.9 Å². The number of halogens is 1. The molecular weight excluding hydrogens is 409 g/mol. The quantitative estimate of drug-likeness (QED) is 0.456. The number of nitro groups is 1. The van der Waals surface area contributed by atoms with E-state index in [1.807, 2.05) is 0 Å². The second-order valence-corrected chi connectivity index (χ2v) is 6.57. The molecule has 0 aliphatic carbocycles. The van der Waals surface area contributed by atoms with Gasteiger partial charge in [0.05, 0.1) is 12.0 Å². The van der Waals surface area contributed by atoms with E-state index < -0.39 is 29.3 Å². The van der Waals surface area contributed by atoms with Gasteiger partial charge in [0.15, 0.2) is 6.61 Å². The topological polar surface area (TPSA) is 111 Å². The molecule has 0 aliphatic rings. The third-order valence-electron chi connectivity index (χ3n) is 4.61. The van der Waals surface area contributed by atoms with Gasteiger partial charge < -0.3 is 19.7 Å². The van der Waals surface area contributed by atoms with Crippen LogP contribution in [0.1, 0.15) is 18.9 Å². The van der Waals surface area contributed by atoms with Crippen molar-refractivity contribution in [3.8, 4) is 11.5 Å². The summed E-state index contributed by atoms with van der Waals surface area (Å²) in [5, 5.41) is 13.5.